The molecule has 6 nitrogen and oxygen atoms in total. The molecule has 2 aromatic rings. The van der Waals surface area contributed by atoms with E-state index in [4.69, 9.17) is 9.47 Å². The van der Waals surface area contributed by atoms with Gasteiger partial charge in [0.1, 0.15) is 18.0 Å². The van der Waals surface area contributed by atoms with Crippen molar-refractivity contribution in [1.29, 1.82) is 0 Å². The van der Waals surface area contributed by atoms with Crippen LogP contribution in [0.5, 0.6) is 5.88 Å². The topological polar surface area (TPSA) is 56.6 Å². The van der Waals surface area contributed by atoms with E-state index >= 15 is 0 Å². The van der Waals surface area contributed by atoms with Gasteiger partial charge < -0.3 is 14.4 Å². The summed E-state index contributed by atoms with van der Waals surface area (Å²) in [5, 5.41) is 0. The Bertz CT molecular complexity index is 864. The van der Waals surface area contributed by atoms with E-state index in [2.05, 4.69) is 4.98 Å². The van der Waals surface area contributed by atoms with Gasteiger partial charge in [0.25, 0.3) is 0 Å². The van der Waals surface area contributed by atoms with Gasteiger partial charge in [-0.25, -0.2) is 13.6 Å². The molecule has 2 aliphatic rings. The van der Waals surface area contributed by atoms with Gasteiger partial charge in [-0.2, -0.15) is 4.98 Å². The Labute approximate surface area is 136 Å². The fourth-order valence-electron chi connectivity index (χ4n) is 3.03. The van der Waals surface area contributed by atoms with Crippen LogP contribution >= 0.6 is 0 Å². The molecule has 0 N–H and O–H groups in total. The van der Waals surface area contributed by atoms with Crippen molar-refractivity contribution < 1.29 is 18.3 Å². The molecule has 0 amide bonds. The molecule has 1 fully saturated rings. The zero-order valence-electron chi connectivity index (χ0n) is 13.0. The molecule has 2 aliphatic heterocycles. The van der Waals surface area contributed by atoms with Gasteiger partial charge in [-0.3, -0.25) is 4.57 Å². The molecule has 0 unspecified atom stereocenters. The number of fused-ring (bicyclic) bond motifs is 1. The molecule has 3 heterocycles. The van der Waals surface area contributed by atoms with Crippen molar-refractivity contribution in [3.05, 3.63) is 51.9 Å². The standard InChI is InChI=1S/C16H15F2N3O3/c1-20-14-5-13(24-6-10-2-3-11(17)12(18)4-10)19-15(22)21(14)7-16(20)8-23-9-16/h2-5H,6-9H2,1H3. The Morgan fingerprint density at radius 3 is 2.75 bits per heavy atom. The highest BCUT2D eigenvalue weighted by Gasteiger charge is 2.48. The monoisotopic (exact) mass is 335 g/mol. The van der Waals surface area contributed by atoms with Crippen molar-refractivity contribution >= 4 is 5.82 Å². The van der Waals surface area contributed by atoms with Gasteiger partial charge in [-0.05, 0) is 17.7 Å². The van der Waals surface area contributed by atoms with E-state index in [1.807, 2.05) is 11.9 Å². The molecule has 24 heavy (non-hydrogen) atoms. The minimum absolute atomic E-state index is 0.00887. The molecule has 126 valence electrons. The van der Waals surface area contributed by atoms with Gasteiger partial charge in [0.2, 0.25) is 5.88 Å². The molecule has 1 aromatic heterocycles. The van der Waals surface area contributed by atoms with Gasteiger partial charge >= 0.3 is 5.69 Å². The Kier molecular flexibility index (Phi) is 3.31. The molecule has 1 saturated heterocycles. The number of hydrogen-bond donors (Lipinski definition) is 0. The zero-order chi connectivity index (χ0) is 16.9. The molecule has 0 aliphatic carbocycles. The Morgan fingerprint density at radius 1 is 1.29 bits per heavy atom. The van der Waals surface area contributed by atoms with Gasteiger partial charge in [-0.15, -0.1) is 0 Å². The van der Waals surface area contributed by atoms with Crippen LogP contribution < -0.4 is 15.3 Å². The molecular weight excluding hydrogens is 320 g/mol. The summed E-state index contributed by atoms with van der Waals surface area (Å²) < 4.78 is 38.5. The van der Waals surface area contributed by atoms with E-state index in [-0.39, 0.29) is 18.0 Å². The van der Waals surface area contributed by atoms with Crippen molar-refractivity contribution in [2.45, 2.75) is 18.7 Å². The SMILES string of the molecule is CN1c2cc(OCc3ccc(F)c(F)c3)nc(=O)n2CC12COC2. The van der Waals surface area contributed by atoms with Crippen molar-refractivity contribution in [3.63, 3.8) is 0 Å². The van der Waals surface area contributed by atoms with Crippen LogP contribution in [-0.2, 0) is 17.9 Å². The number of anilines is 1. The van der Waals surface area contributed by atoms with Crippen molar-refractivity contribution in [2.24, 2.45) is 0 Å². The lowest BCUT2D eigenvalue weighted by molar-refractivity contribution is -0.0557. The molecule has 1 spiro atoms. The Balaban J connectivity index is 1.56. The summed E-state index contributed by atoms with van der Waals surface area (Å²) >= 11 is 0. The van der Waals surface area contributed by atoms with Gasteiger partial charge in [0.15, 0.2) is 11.6 Å². The van der Waals surface area contributed by atoms with Crippen LogP contribution in [0.25, 0.3) is 0 Å². The van der Waals surface area contributed by atoms with E-state index < -0.39 is 17.3 Å². The molecular formula is C16H15F2N3O3. The van der Waals surface area contributed by atoms with Gasteiger partial charge in [0, 0.05) is 13.1 Å². The van der Waals surface area contributed by atoms with E-state index in [1.54, 1.807) is 10.6 Å². The Morgan fingerprint density at radius 2 is 2.08 bits per heavy atom. The molecule has 0 radical (unpaired) electrons. The fraction of sp³-hybridized carbons (Fsp3) is 0.375. The zero-order valence-corrected chi connectivity index (χ0v) is 13.0. The van der Waals surface area contributed by atoms with Crippen molar-refractivity contribution in [3.8, 4) is 5.88 Å². The van der Waals surface area contributed by atoms with Crippen molar-refractivity contribution in [2.75, 3.05) is 25.2 Å². The number of nitrogens with zero attached hydrogens (tertiary/aromatic N) is 3. The van der Waals surface area contributed by atoms with Gasteiger partial charge in [-0.1, -0.05) is 6.07 Å². The summed E-state index contributed by atoms with van der Waals surface area (Å²) in [6.45, 7) is 1.66. The minimum atomic E-state index is -0.940. The third-order valence-corrected chi connectivity index (χ3v) is 4.59. The molecule has 0 atom stereocenters. The van der Waals surface area contributed by atoms with Crippen LogP contribution in [0.1, 0.15) is 5.56 Å². The fourth-order valence-corrected chi connectivity index (χ4v) is 3.03. The summed E-state index contributed by atoms with van der Waals surface area (Å²) in [6.07, 6.45) is 0. The summed E-state index contributed by atoms with van der Waals surface area (Å²) in [4.78, 5) is 18.1. The summed E-state index contributed by atoms with van der Waals surface area (Å²) in [5.74, 6) is -0.995. The Hall–Kier alpha value is -2.48. The maximum absolute atomic E-state index is 13.2. The maximum Gasteiger partial charge on any atom is 0.352 e. The van der Waals surface area contributed by atoms with E-state index in [0.29, 0.717) is 31.1 Å². The van der Waals surface area contributed by atoms with E-state index in [9.17, 15) is 13.6 Å². The van der Waals surface area contributed by atoms with Crippen LogP contribution in [0.3, 0.4) is 0 Å². The van der Waals surface area contributed by atoms with E-state index in [1.165, 1.54) is 6.07 Å². The minimum Gasteiger partial charge on any atom is -0.473 e. The third-order valence-electron chi connectivity index (χ3n) is 4.59. The average molecular weight is 335 g/mol. The number of benzene rings is 1. The normalized spacial score (nSPS) is 17.7. The van der Waals surface area contributed by atoms with Crippen molar-refractivity contribution in [1.82, 2.24) is 9.55 Å². The van der Waals surface area contributed by atoms with Crippen LogP contribution in [0.15, 0.2) is 29.1 Å². The molecule has 0 bridgehead atoms. The average Bonchev–Trinajstić information content (AvgIpc) is 2.83. The largest absolute Gasteiger partial charge is 0.473 e. The highest BCUT2D eigenvalue weighted by Crippen LogP contribution is 2.37. The first kappa shape index (κ1) is 15.1. The smallest absolute Gasteiger partial charge is 0.352 e. The van der Waals surface area contributed by atoms with E-state index in [0.717, 1.165) is 12.1 Å². The maximum atomic E-state index is 13.2. The number of aromatic nitrogens is 2. The number of likely N-dealkylation sites (N-methyl/N-ethyl adjacent to an activating group) is 1. The highest BCUT2D eigenvalue weighted by molar-refractivity contribution is 5.49. The third kappa shape index (κ3) is 2.25. The molecule has 1 aromatic carbocycles. The second-order valence-corrected chi connectivity index (χ2v) is 6.13. The number of rotatable bonds is 3. The number of halogens is 2. The predicted octanol–water partition coefficient (Wildman–Crippen LogP) is 1.32. The second kappa shape index (κ2) is 5.27. The molecule has 0 saturated carbocycles. The summed E-state index contributed by atoms with van der Waals surface area (Å²) in [7, 11) is 1.90. The van der Waals surface area contributed by atoms with Crippen LogP contribution in [0, 0.1) is 11.6 Å². The predicted molar refractivity (Wildman–Crippen MR) is 81.1 cm³/mol. The summed E-state index contributed by atoms with van der Waals surface area (Å²) in [5.41, 5.74) is -0.135. The van der Waals surface area contributed by atoms with Crippen LogP contribution in [0.4, 0.5) is 14.6 Å². The highest BCUT2D eigenvalue weighted by atomic mass is 19.2. The lowest BCUT2D eigenvalue weighted by Crippen LogP contribution is -2.60. The van der Waals surface area contributed by atoms with Crippen LogP contribution in [0.2, 0.25) is 0 Å². The first-order valence-corrected chi connectivity index (χ1v) is 7.49. The molecule has 8 heteroatoms. The number of hydrogen-bond acceptors (Lipinski definition) is 5. The van der Waals surface area contributed by atoms with Crippen LogP contribution in [-0.4, -0.2) is 35.4 Å². The quantitative estimate of drug-likeness (QED) is 0.847. The molecule has 4 rings (SSSR count). The summed E-state index contributed by atoms with van der Waals surface area (Å²) in [6, 6.07) is 5.19. The first-order chi connectivity index (χ1) is 11.5. The van der Waals surface area contributed by atoms with Gasteiger partial charge in [0.05, 0.1) is 19.8 Å². The number of ether oxygens (including phenoxy) is 2. The lowest BCUT2D eigenvalue weighted by Gasteiger charge is -2.43. The first-order valence-electron chi connectivity index (χ1n) is 7.49. The second-order valence-electron chi connectivity index (χ2n) is 6.13. The lowest BCUT2D eigenvalue weighted by atomic mass is 9.97.